The molecule has 2 rings (SSSR count). The predicted octanol–water partition coefficient (Wildman–Crippen LogP) is 2.35. The summed E-state index contributed by atoms with van der Waals surface area (Å²) in [5, 5.41) is 9.03. The summed E-state index contributed by atoms with van der Waals surface area (Å²) in [6.07, 6.45) is 1.22. The second-order valence-corrected chi connectivity index (χ2v) is 5.59. The van der Waals surface area contributed by atoms with Gasteiger partial charge in [0.15, 0.2) is 0 Å². The first-order chi connectivity index (χ1) is 10.2. The smallest absolute Gasteiger partial charge is 0.137 e. The Kier molecular flexibility index (Phi) is 6.04. The van der Waals surface area contributed by atoms with Gasteiger partial charge in [-0.1, -0.05) is 19.1 Å². The molecule has 0 bridgehead atoms. The molecule has 1 unspecified atom stereocenters. The Morgan fingerprint density at radius 1 is 1.24 bits per heavy atom. The minimum Gasteiger partial charge on any atom is -0.491 e. The highest BCUT2D eigenvalue weighted by Crippen LogP contribution is 2.16. The van der Waals surface area contributed by atoms with Crippen molar-refractivity contribution in [1.29, 1.82) is 5.26 Å². The van der Waals surface area contributed by atoms with Gasteiger partial charge in [0.1, 0.15) is 18.4 Å². The fraction of sp³-hybridized carbons (Fsp3) is 0.588. The molecule has 1 aromatic carbocycles. The lowest BCUT2D eigenvalue weighted by Gasteiger charge is -2.37. The summed E-state index contributed by atoms with van der Waals surface area (Å²) in [7, 11) is 0. The van der Waals surface area contributed by atoms with Gasteiger partial charge < -0.3 is 4.74 Å². The van der Waals surface area contributed by atoms with E-state index in [2.05, 4.69) is 29.7 Å². The first-order valence-electron chi connectivity index (χ1n) is 7.83. The van der Waals surface area contributed by atoms with Crippen molar-refractivity contribution in [3.05, 3.63) is 29.8 Å². The molecule has 114 valence electrons. The average Bonchev–Trinajstić information content (AvgIpc) is 2.55. The topological polar surface area (TPSA) is 39.5 Å². The number of ether oxygens (including phenoxy) is 1. The van der Waals surface area contributed by atoms with Crippen LogP contribution in [0.4, 0.5) is 0 Å². The molecule has 1 atom stereocenters. The maximum Gasteiger partial charge on any atom is 0.137 e. The van der Waals surface area contributed by atoms with Crippen LogP contribution in [0.3, 0.4) is 0 Å². The van der Waals surface area contributed by atoms with Crippen molar-refractivity contribution >= 4 is 0 Å². The second-order valence-electron chi connectivity index (χ2n) is 5.59. The maximum absolute atomic E-state index is 9.03. The maximum atomic E-state index is 9.03. The number of nitrogens with zero attached hydrogens (tertiary/aromatic N) is 3. The van der Waals surface area contributed by atoms with E-state index in [1.165, 1.54) is 6.42 Å². The molecular formula is C17H25N3O. The molecule has 21 heavy (non-hydrogen) atoms. The molecule has 0 aromatic heterocycles. The molecule has 4 nitrogen and oxygen atoms in total. The van der Waals surface area contributed by atoms with Crippen molar-refractivity contribution in [2.45, 2.75) is 26.3 Å². The highest BCUT2D eigenvalue weighted by atomic mass is 16.5. The van der Waals surface area contributed by atoms with Gasteiger partial charge in [-0.2, -0.15) is 5.26 Å². The van der Waals surface area contributed by atoms with Gasteiger partial charge in [-0.15, -0.1) is 0 Å². The first-order valence-corrected chi connectivity index (χ1v) is 7.83. The van der Waals surface area contributed by atoms with Crippen LogP contribution < -0.4 is 4.74 Å². The van der Waals surface area contributed by atoms with Crippen molar-refractivity contribution in [3.63, 3.8) is 0 Å². The number of hydrogen-bond donors (Lipinski definition) is 0. The van der Waals surface area contributed by atoms with Gasteiger partial charge in [-0.3, -0.25) is 9.80 Å². The summed E-state index contributed by atoms with van der Waals surface area (Å²) in [5.41, 5.74) is 0.610. The molecule has 1 aliphatic heterocycles. The van der Waals surface area contributed by atoms with Crippen molar-refractivity contribution in [2.75, 3.05) is 39.3 Å². The minimum absolute atomic E-state index is 0.610. The van der Waals surface area contributed by atoms with Gasteiger partial charge in [0.2, 0.25) is 0 Å². The van der Waals surface area contributed by atoms with Crippen LogP contribution in [0.5, 0.6) is 5.75 Å². The van der Waals surface area contributed by atoms with Gasteiger partial charge in [0, 0.05) is 38.8 Å². The van der Waals surface area contributed by atoms with Crippen LogP contribution in [0.1, 0.15) is 25.8 Å². The van der Waals surface area contributed by atoms with Crippen LogP contribution in [0.25, 0.3) is 0 Å². The second kappa shape index (κ2) is 8.02. The van der Waals surface area contributed by atoms with Gasteiger partial charge >= 0.3 is 0 Å². The monoisotopic (exact) mass is 287 g/mol. The quantitative estimate of drug-likeness (QED) is 0.805. The third-order valence-electron chi connectivity index (χ3n) is 4.29. The lowest BCUT2D eigenvalue weighted by atomic mass is 10.2. The standard InChI is InChI=1S/C17H25N3O/c1-3-15(2)20-10-8-19(9-11-20)12-13-21-17-7-5-4-6-16(17)14-18/h4-7,15H,3,8-13H2,1-2H3. The third kappa shape index (κ3) is 4.45. The summed E-state index contributed by atoms with van der Waals surface area (Å²) >= 11 is 0. The van der Waals surface area contributed by atoms with Gasteiger partial charge in [-0.25, -0.2) is 0 Å². The molecule has 0 spiro atoms. The molecule has 1 aliphatic rings. The fourth-order valence-electron chi connectivity index (χ4n) is 2.66. The molecule has 0 saturated carbocycles. The molecule has 0 aliphatic carbocycles. The Labute approximate surface area is 127 Å². The minimum atomic E-state index is 0.610. The molecule has 1 saturated heterocycles. The van der Waals surface area contributed by atoms with E-state index in [-0.39, 0.29) is 0 Å². The number of nitriles is 1. The van der Waals surface area contributed by atoms with Crippen LogP contribution >= 0.6 is 0 Å². The van der Waals surface area contributed by atoms with E-state index in [1.54, 1.807) is 6.07 Å². The van der Waals surface area contributed by atoms with Crippen LogP contribution in [0, 0.1) is 11.3 Å². The van der Waals surface area contributed by atoms with Crippen LogP contribution in [-0.4, -0.2) is 55.2 Å². The molecule has 1 aromatic rings. The molecule has 1 heterocycles. The number of benzene rings is 1. The Morgan fingerprint density at radius 2 is 1.95 bits per heavy atom. The highest BCUT2D eigenvalue weighted by molar-refractivity contribution is 5.42. The number of hydrogen-bond acceptors (Lipinski definition) is 4. The van der Waals surface area contributed by atoms with Crippen LogP contribution in [0.15, 0.2) is 24.3 Å². The van der Waals surface area contributed by atoms with Gasteiger partial charge in [0.05, 0.1) is 5.56 Å². The number of piperazine rings is 1. The Hall–Kier alpha value is -1.57. The summed E-state index contributed by atoms with van der Waals surface area (Å²) in [5.74, 6) is 0.693. The Morgan fingerprint density at radius 3 is 2.62 bits per heavy atom. The first kappa shape index (κ1) is 15.8. The van der Waals surface area contributed by atoms with Crippen molar-refractivity contribution in [3.8, 4) is 11.8 Å². The summed E-state index contributed by atoms with van der Waals surface area (Å²) in [4.78, 5) is 5.00. The third-order valence-corrected chi connectivity index (χ3v) is 4.29. The van der Waals surface area contributed by atoms with E-state index in [9.17, 15) is 0 Å². The largest absolute Gasteiger partial charge is 0.491 e. The zero-order valence-corrected chi connectivity index (χ0v) is 13.1. The van der Waals surface area contributed by atoms with E-state index < -0.39 is 0 Å². The van der Waals surface area contributed by atoms with Crippen molar-refractivity contribution in [2.24, 2.45) is 0 Å². The van der Waals surface area contributed by atoms with Crippen molar-refractivity contribution < 1.29 is 4.74 Å². The average molecular weight is 287 g/mol. The molecule has 1 fully saturated rings. The molecular weight excluding hydrogens is 262 g/mol. The molecule has 0 radical (unpaired) electrons. The predicted molar refractivity (Wildman–Crippen MR) is 84.4 cm³/mol. The van der Waals surface area contributed by atoms with E-state index >= 15 is 0 Å². The van der Waals surface area contributed by atoms with E-state index in [4.69, 9.17) is 10.00 Å². The van der Waals surface area contributed by atoms with E-state index in [1.807, 2.05) is 18.2 Å². The lowest BCUT2D eigenvalue weighted by Crippen LogP contribution is -2.50. The molecule has 4 heteroatoms. The molecule has 0 amide bonds. The summed E-state index contributed by atoms with van der Waals surface area (Å²) in [6, 6.07) is 10.3. The zero-order chi connectivity index (χ0) is 15.1. The number of para-hydroxylation sites is 1. The van der Waals surface area contributed by atoms with Gasteiger partial charge in [-0.05, 0) is 25.5 Å². The fourth-order valence-corrected chi connectivity index (χ4v) is 2.66. The normalized spacial score (nSPS) is 18.1. The van der Waals surface area contributed by atoms with Crippen LogP contribution in [0.2, 0.25) is 0 Å². The number of rotatable bonds is 6. The SMILES string of the molecule is CCC(C)N1CCN(CCOc2ccccc2C#N)CC1. The lowest BCUT2D eigenvalue weighted by molar-refractivity contribution is 0.0905. The van der Waals surface area contributed by atoms with Gasteiger partial charge in [0.25, 0.3) is 0 Å². The van der Waals surface area contributed by atoms with Crippen molar-refractivity contribution in [1.82, 2.24) is 9.80 Å². The highest BCUT2D eigenvalue weighted by Gasteiger charge is 2.19. The van der Waals surface area contributed by atoms with E-state index in [0.717, 1.165) is 32.7 Å². The Bertz CT molecular complexity index is 475. The Balaban J connectivity index is 1.72. The zero-order valence-electron chi connectivity index (χ0n) is 13.1. The van der Waals surface area contributed by atoms with Crippen LogP contribution in [-0.2, 0) is 0 Å². The summed E-state index contributed by atoms with van der Waals surface area (Å²) in [6.45, 7) is 10.6. The molecule has 0 N–H and O–H groups in total. The van der Waals surface area contributed by atoms with E-state index in [0.29, 0.717) is 24.0 Å². The summed E-state index contributed by atoms with van der Waals surface area (Å²) < 4.78 is 5.75.